The van der Waals surface area contributed by atoms with Crippen LogP contribution in [0.25, 0.3) is 0 Å². The topological polar surface area (TPSA) is 32.6 Å². The van der Waals surface area contributed by atoms with E-state index in [4.69, 9.17) is 5.21 Å². The highest BCUT2D eigenvalue weighted by Crippen LogP contribution is 2.11. The highest BCUT2D eigenvalue weighted by atomic mass is 16.4. The molecule has 0 unspecified atom stereocenters. The maximum absolute atomic E-state index is 8.31. The van der Waals surface area contributed by atoms with Gasteiger partial charge in [-0.05, 0) is 18.9 Å². The summed E-state index contributed by atoms with van der Waals surface area (Å²) < 4.78 is 0. The summed E-state index contributed by atoms with van der Waals surface area (Å²) in [4.78, 5) is 0. The molecular weight excluding hydrogens is 114 g/mol. The molecule has 0 radical (unpaired) electrons. The molecule has 0 aromatic rings. The zero-order valence-corrected chi connectivity index (χ0v) is 5.33. The van der Waals surface area contributed by atoms with Crippen LogP contribution in [0.3, 0.4) is 0 Å². The molecule has 0 aromatic heterocycles. The van der Waals surface area contributed by atoms with Gasteiger partial charge in [-0.1, -0.05) is 23.4 Å². The van der Waals surface area contributed by atoms with Crippen molar-refractivity contribution in [3.63, 3.8) is 0 Å². The molecule has 48 valence electrons. The standard InChI is InChI=1S/C7H9NO/c1-6(8-9)7-4-2-3-5-7/h2-4,9H,5H2,1H3. The highest BCUT2D eigenvalue weighted by molar-refractivity contribution is 5.98. The van der Waals surface area contributed by atoms with E-state index in [-0.39, 0.29) is 0 Å². The third-order valence-corrected chi connectivity index (χ3v) is 1.39. The number of nitrogens with zero attached hydrogens (tertiary/aromatic N) is 1. The fraction of sp³-hybridized carbons (Fsp3) is 0.286. The van der Waals surface area contributed by atoms with Crippen LogP contribution < -0.4 is 0 Å². The molecule has 0 spiro atoms. The predicted molar refractivity (Wildman–Crippen MR) is 36.7 cm³/mol. The van der Waals surface area contributed by atoms with E-state index in [0.717, 1.165) is 12.0 Å². The molecule has 1 aliphatic rings. The lowest BCUT2D eigenvalue weighted by Crippen LogP contribution is -1.93. The number of oxime groups is 1. The van der Waals surface area contributed by atoms with Crippen LogP contribution in [0.1, 0.15) is 13.3 Å². The van der Waals surface area contributed by atoms with Crippen molar-refractivity contribution in [3.8, 4) is 0 Å². The number of hydrogen-bond acceptors (Lipinski definition) is 2. The van der Waals surface area contributed by atoms with Gasteiger partial charge in [-0.2, -0.15) is 0 Å². The Labute approximate surface area is 54.2 Å². The molecule has 0 saturated carbocycles. The molecule has 9 heavy (non-hydrogen) atoms. The molecular formula is C7H9NO. The van der Waals surface area contributed by atoms with E-state index in [0.29, 0.717) is 5.71 Å². The van der Waals surface area contributed by atoms with Gasteiger partial charge in [0.25, 0.3) is 0 Å². The van der Waals surface area contributed by atoms with Gasteiger partial charge in [0.2, 0.25) is 0 Å². The van der Waals surface area contributed by atoms with Crippen LogP contribution in [0.2, 0.25) is 0 Å². The first-order valence-corrected chi connectivity index (χ1v) is 2.89. The van der Waals surface area contributed by atoms with E-state index in [9.17, 15) is 0 Å². The van der Waals surface area contributed by atoms with Crippen molar-refractivity contribution in [1.82, 2.24) is 0 Å². The fourth-order valence-electron chi connectivity index (χ4n) is 0.780. The molecule has 0 amide bonds. The van der Waals surface area contributed by atoms with Crippen LogP contribution in [-0.2, 0) is 0 Å². The van der Waals surface area contributed by atoms with E-state index in [1.165, 1.54) is 0 Å². The van der Waals surface area contributed by atoms with Crippen molar-refractivity contribution < 1.29 is 5.21 Å². The Morgan fingerprint density at radius 1 is 1.78 bits per heavy atom. The van der Waals surface area contributed by atoms with E-state index in [1.54, 1.807) is 6.92 Å². The van der Waals surface area contributed by atoms with Gasteiger partial charge < -0.3 is 5.21 Å². The van der Waals surface area contributed by atoms with Gasteiger partial charge in [-0.15, -0.1) is 0 Å². The van der Waals surface area contributed by atoms with Crippen molar-refractivity contribution in [2.45, 2.75) is 13.3 Å². The van der Waals surface area contributed by atoms with Gasteiger partial charge >= 0.3 is 0 Å². The van der Waals surface area contributed by atoms with Crippen molar-refractivity contribution in [1.29, 1.82) is 0 Å². The Kier molecular flexibility index (Phi) is 1.68. The van der Waals surface area contributed by atoms with Crippen molar-refractivity contribution in [3.05, 3.63) is 23.8 Å². The van der Waals surface area contributed by atoms with Gasteiger partial charge in [0, 0.05) is 0 Å². The second-order valence-electron chi connectivity index (χ2n) is 2.01. The summed E-state index contributed by atoms with van der Waals surface area (Å²) in [5.41, 5.74) is 1.80. The van der Waals surface area contributed by atoms with Crippen molar-refractivity contribution in [2.24, 2.45) is 5.16 Å². The molecule has 1 rings (SSSR count). The van der Waals surface area contributed by atoms with Crippen molar-refractivity contribution >= 4 is 5.71 Å². The first-order valence-electron chi connectivity index (χ1n) is 2.89. The first kappa shape index (κ1) is 6.08. The molecule has 0 aliphatic heterocycles. The maximum Gasteiger partial charge on any atom is 0.0799 e. The lowest BCUT2D eigenvalue weighted by atomic mass is 10.1. The summed E-state index contributed by atoms with van der Waals surface area (Å²) in [6.45, 7) is 1.79. The molecule has 0 aromatic carbocycles. The zero-order chi connectivity index (χ0) is 6.69. The minimum absolute atomic E-state index is 0.708. The molecule has 1 N–H and O–H groups in total. The number of hydrogen-bond donors (Lipinski definition) is 1. The Hall–Kier alpha value is -1.05. The normalized spacial score (nSPS) is 18.3. The van der Waals surface area contributed by atoms with E-state index >= 15 is 0 Å². The Balaban J connectivity index is 2.66. The van der Waals surface area contributed by atoms with E-state index in [1.807, 2.05) is 18.2 Å². The summed E-state index contributed by atoms with van der Waals surface area (Å²) in [5.74, 6) is 0. The van der Waals surface area contributed by atoms with E-state index < -0.39 is 0 Å². The van der Waals surface area contributed by atoms with Gasteiger partial charge in [0.15, 0.2) is 0 Å². The smallest absolute Gasteiger partial charge is 0.0799 e. The summed E-state index contributed by atoms with van der Waals surface area (Å²) in [5, 5.41) is 11.4. The quantitative estimate of drug-likeness (QED) is 0.321. The minimum Gasteiger partial charge on any atom is -0.411 e. The number of allylic oxidation sites excluding steroid dienone is 4. The molecule has 0 bridgehead atoms. The molecule has 0 atom stereocenters. The minimum atomic E-state index is 0.708. The third kappa shape index (κ3) is 1.19. The lowest BCUT2D eigenvalue weighted by molar-refractivity contribution is 0.319. The second kappa shape index (κ2) is 2.49. The van der Waals surface area contributed by atoms with Gasteiger partial charge in [0.05, 0.1) is 5.71 Å². The Morgan fingerprint density at radius 2 is 2.56 bits per heavy atom. The maximum atomic E-state index is 8.31. The highest BCUT2D eigenvalue weighted by Gasteiger charge is 2.01. The third-order valence-electron chi connectivity index (χ3n) is 1.39. The summed E-state index contributed by atoms with van der Waals surface area (Å²) in [6, 6.07) is 0. The predicted octanol–water partition coefficient (Wildman–Crippen LogP) is 1.72. The van der Waals surface area contributed by atoms with Crippen LogP contribution in [0.5, 0.6) is 0 Å². The fourth-order valence-corrected chi connectivity index (χ4v) is 0.780. The van der Waals surface area contributed by atoms with Gasteiger partial charge in [-0.3, -0.25) is 0 Å². The largest absolute Gasteiger partial charge is 0.411 e. The van der Waals surface area contributed by atoms with Crippen LogP contribution in [0, 0.1) is 0 Å². The summed E-state index contributed by atoms with van der Waals surface area (Å²) in [7, 11) is 0. The molecule has 2 nitrogen and oxygen atoms in total. The van der Waals surface area contributed by atoms with Crippen LogP contribution >= 0.6 is 0 Å². The van der Waals surface area contributed by atoms with Gasteiger partial charge in [-0.25, -0.2) is 0 Å². The monoisotopic (exact) mass is 123 g/mol. The van der Waals surface area contributed by atoms with Crippen LogP contribution in [0.15, 0.2) is 29.0 Å². The summed E-state index contributed by atoms with van der Waals surface area (Å²) >= 11 is 0. The second-order valence-corrected chi connectivity index (χ2v) is 2.01. The molecule has 2 heteroatoms. The SMILES string of the molecule is CC(=NO)C1=CC=CC1. The molecule has 0 heterocycles. The van der Waals surface area contributed by atoms with Crippen molar-refractivity contribution in [2.75, 3.05) is 0 Å². The lowest BCUT2D eigenvalue weighted by Gasteiger charge is -1.94. The average Bonchev–Trinajstić information content (AvgIpc) is 2.37. The van der Waals surface area contributed by atoms with Crippen LogP contribution in [0.4, 0.5) is 0 Å². The zero-order valence-electron chi connectivity index (χ0n) is 5.33. The van der Waals surface area contributed by atoms with E-state index in [2.05, 4.69) is 5.16 Å². The Morgan fingerprint density at radius 3 is 3.00 bits per heavy atom. The average molecular weight is 123 g/mol. The van der Waals surface area contributed by atoms with Crippen LogP contribution in [-0.4, -0.2) is 10.9 Å². The summed E-state index contributed by atoms with van der Waals surface area (Å²) in [6.07, 6.45) is 6.85. The van der Waals surface area contributed by atoms with Gasteiger partial charge in [0.1, 0.15) is 0 Å². The Bertz CT molecular complexity index is 189. The molecule has 0 saturated heterocycles. The molecule has 0 fully saturated rings. The molecule has 1 aliphatic carbocycles. The number of rotatable bonds is 1. The first-order chi connectivity index (χ1) is 4.34.